The molecule has 0 spiro atoms. The fourth-order valence-electron chi connectivity index (χ4n) is 1.85. The zero-order chi connectivity index (χ0) is 15.9. The summed E-state index contributed by atoms with van der Waals surface area (Å²) in [7, 11) is 0. The molecule has 0 aromatic heterocycles. The van der Waals surface area contributed by atoms with Gasteiger partial charge in [-0.05, 0) is 48.9 Å². The highest BCUT2D eigenvalue weighted by atomic mass is 19.1. The van der Waals surface area contributed by atoms with E-state index in [4.69, 9.17) is 15.2 Å². The van der Waals surface area contributed by atoms with Crippen LogP contribution in [0.1, 0.15) is 12.5 Å². The van der Waals surface area contributed by atoms with E-state index in [1.165, 1.54) is 12.1 Å². The predicted octanol–water partition coefficient (Wildman–Crippen LogP) is 2.70. The number of rotatable bonds is 7. The minimum atomic E-state index is -0.675. The summed E-state index contributed by atoms with van der Waals surface area (Å²) in [5.41, 5.74) is 6.18. The maximum atomic E-state index is 12.8. The molecule has 0 aliphatic carbocycles. The number of primary amides is 1. The molecule has 0 unspecified atom stereocenters. The topological polar surface area (TPSA) is 61.6 Å². The van der Waals surface area contributed by atoms with Crippen LogP contribution in [0.15, 0.2) is 48.5 Å². The number of ether oxygens (including phenoxy) is 2. The second kappa shape index (κ2) is 7.45. The molecule has 0 heterocycles. The molecular weight excluding hydrogens is 285 g/mol. The van der Waals surface area contributed by atoms with Crippen molar-refractivity contribution in [2.75, 3.05) is 6.61 Å². The van der Waals surface area contributed by atoms with Gasteiger partial charge in [-0.2, -0.15) is 0 Å². The molecule has 5 heteroatoms. The molecule has 0 saturated heterocycles. The van der Waals surface area contributed by atoms with Gasteiger partial charge in [0.2, 0.25) is 0 Å². The summed E-state index contributed by atoms with van der Waals surface area (Å²) in [5.74, 6) is 0.410. The molecule has 4 nitrogen and oxygen atoms in total. The highest BCUT2D eigenvalue weighted by molar-refractivity contribution is 5.78. The highest BCUT2D eigenvalue weighted by Crippen LogP contribution is 2.16. The quantitative estimate of drug-likeness (QED) is 0.855. The fraction of sp³-hybridized carbons (Fsp3) is 0.235. The smallest absolute Gasteiger partial charge is 0.258 e. The van der Waals surface area contributed by atoms with Crippen molar-refractivity contribution in [3.8, 4) is 11.5 Å². The van der Waals surface area contributed by atoms with E-state index in [1.54, 1.807) is 25.1 Å². The Kier molecular flexibility index (Phi) is 5.36. The van der Waals surface area contributed by atoms with Crippen LogP contribution in [0.4, 0.5) is 4.39 Å². The number of hydrogen-bond acceptors (Lipinski definition) is 3. The number of benzene rings is 2. The normalized spacial score (nSPS) is 11.7. The Labute approximate surface area is 128 Å². The van der Waals surface area contributed by atoms with Crippen LogP contribution in [0.25, 0.3) is 0 Å². The van der Waals surface area contributed by atoms with E-state index in [1.807, 2.05) is 18.2 Å². The third-order valence-electron chi connectivity index (χ3n) is 3.09. The largest absolute Gasteiger partial charge is 0.493 e. The molecule has 0 bridgehead atoms. The van der Waals surface area contributed by atoms with Crippen LogP contribution in [-0.4, -0.2) is 18.6 Å². The SMILES string of the molecule is C[C@@H](Oc1cccc(CCOc2ccc(F)cc2)c1)C(N)=O. The van der Waals surface area contributed by atoms with Gasteiger partial charge >= 0.3 is 0 Å². The van der Waals surface area contributed by atoms with Gasteiger partial charge < -0.3 is 15.2 Å². The molecule has 0 fully saturated rings. The Bertz CT molecular complexity index is 628. The van der Waals surface area contributed by atoms with Gasteiger partial charge in [-0.15, -0.1) is 0 Å². The molecule has 1 atom stereocenters. The monoisotopic (exact) mass is 303 g/mol. The molecule has 116 valence electrons. The standard InChI is InChI=1S/C17H18FNO3/c1-12(17(19)20)22-16-4-2-3-13(11-16)9-10-21-15-7-5-14(18)6-8-15/h2-8,11-12H,9-10H2,1H3,(H2,19,20)/t12-/m1/s1. The third kappa shape index (κ3) is 4.77. The average molecular weight is 303 g/mol. The average Bonchev–Trinajstić information content (AvgIpc) is 2.49. The predicted molar refractivity (Wildman–Crippen MR) is 81.3 cm³/mol. The summed E-state index contributed by atoms with van der Waals surface area (Å²) in [5, 5.41) is 0. The van der Waals surface area contributed by atoms with Gasteiger partial charge in [-0.25, -0.2) is 4.39 Å². The van der Waals surface area contributed by atoms with E-state index < -0.39 is 12.0 Å². The summed E-state index contributed by atoms with van der Waals surface area (Å²) >= 11 is 0. The van der Waals surface area contributed by atoms with Crippen molar-refractivity contribution in [2.45, 2.75) is 19.4 Å². The van der Waals surface area contributed by atoms with Crippen molar-refractivity contribution < 1.29 is 18.7 Å². The molecule has 22 heavy (non-hydrogen) atoms. The first-order chi connectivity index (χ1) is 10.5. The summed E-state index contributed by atoms with van der Waals surface area (Å²) in [6.07, 6.45) is -0.00906. The highest BCUT2D eigenvalue weighted by Gasteiger charge is 2.10. The van der Waals surface area contributed by atoms with Crippen LogP contribution in [0.2, 0.25) is 0 Å². The number of carbonyl (C=O) groups excluding carboxylic acids is 1. The van der Waals surface area contributed by atoms with Crippen molar-refractivity contribution in [1.29, 1.82) is 0 Å². The Balaban J connectivity index is 1.87. The zero-order valence-corrected chi connectivity index (χ0v) is 12.3. The van der Waals surface area contributed by atoms with Gasteiger partial charge in [0.1, 0.15) is 17.3 Å². The lowest BCUT2D eigenvalue weighted by Gasteiger charge is -2.12. The van der Waals surface area contributed by atoms with Gasteiger partial charge in [0.25, 0.3) is 5.91 Å². The summed E-state index contributed by atoms with van der Waals surface area (Å²) in [6, 6.07) is 13.3. The molecule has 0 saturated carbocycles. The third-order valence-corrected chi connectivity index (χ3v) is 3.09. The van der Waals surface area contributed by atoms with E-state index in [0.717, 1.165) is 5.56 Å². The van der Waals surface area contributed by atoms with E-state index in [0.29, 0.717) is 24.5 Å². The van der Waals surface area contributed by atoms with Crippen molar-refractivity contribution >= 4 is 5.91 Å². The fourth-order valence-corrected chi connectivity index (χ4v) is 1.85. The summed E-state index contributed by atoms with van der Waals surface area (Å²) in [4.78, 5) is 11.0. The number of carbonyl (C=O) groups is 1. The molecule has 0 aliphatic heterocycles. The minimum absolute atomic E-state index is 0.291. The zero-order valence-electron chi connectivity index (χ0n) is 12.3. The van der Waals surface area contributed by atoms with Gasteiger partial charge in [0.15, 0.2) is 6.10 Å². The molecule has 2 aromatic carbocycles. The van der Waals surface area contributed by atoms with Crippen molar-refractivity contribution in [3.63, 3.8) is 0 Å². The van der Waals surface area contributed by atoms with Crippen LogP contribution in [-0.2, 0) is 11.2 Å². The van der Waals surface area contributed by atoms with Crippen LogP contribution in [0.3, 0.4) is 0 Å². The maximum absolute atomic E-state index is 12.8. The second-order valence-electron chi connectivity index (χ2n) is 4.86. The van der Waals surface area contributed by atoms with Gasteiger partial charge in [0, 0.05) is 6.42 Å². The number of amides is 1. The number of halogens is 1. The number of hydrogen-bond donors (Lipinski definition) is 1. The van der Waals surface area contributed by atoms with E-state index in [-0.39, 0.29) is 5.82 Å². The van der Waals surface area contributed by atoms with Gasteiger partial charge in [-0.1, -0.05) is 12.1 Å². The molecule has 2 aromatic rings. The van der Waals surface area contributed by atoms with Crippen LogP contribution < -0.4 is 15.2 Å². The van der Waals surface area contributed by atoms with Gasteiger partial charge in [0.05, 0.1) is 6.61 Å². The van der Waals surface area contributed by atoms with Gasteiger partial charge in [-0.3, -0.25) is 4.79 Å². The van der Waals surface area contributed by atoms with Crippen molar-refractivity contribution in [2.24, 2.45) is 5.73 Å². The maximum Gasteiger partial charge on any atom is 0.258 e. The first kappa shape index (κ1) is 15.8. The van der Waals surface area contributed by atoms with Crippen molar-refractivity contribution in [1.82, 2.24) is 0 Å². The molecule has 2 N–H and O–H groups in total. The first-order valence-corrected chi connectivity index (χ1v) is 6.98. The number of nitrogens with two attached hydrogens (primary N) is 1. The summed E-state index contributed by atoms with van der Waals surface area (Å²) in [6.45, 7) is 2.06. The Hall–Kier alpha value is -2.56. The molecule has 1 amide bonds. The first-order valence-electron chi connectivity index (χ1n) is 6.98. The minimum Gasteiger partial charge on any atom is -0.493 e. The lowest BCUT2D eigenvalue weighted by molar-refractivity contribution is -0.123. The molecule has 2 rings (SSSR count). The Morgan fingerprint density at radius 3 is 2.59 bits per heavy atom. The van der Waals surface area contributed by atoms with E-state index >= 15 is 0 Å². The molecular formula is C17H18FNO3. The molecule has 0 aliphatic rings. The summed E-state index contributed by atoms with van der Waals surface area (Å²) < 4.78 is 23.8. The second-order valence-corrected chi connectivity index (χ2v) is 4.86. The Morgan fingerprint density at radius 2 is 1.91 bits per heavy atom. The lowest BCUT2D eigenvalue weighted by Crippen LogP contribution is -2.30. The lowest BCUT2D eigenvalue weighted by atomic mass is 10.1. The van der Waals surface area contributed by atoms with E-state index in [9.17, 15) is 9.18 Å². The van der Waals surface area contributed by atoms with Crippen molar-refractivity contribution in [3.05, 3.63) is 59.9 Å². The van der Waals surface area contributed by atoms with E-state index in [2.05, 4.69) is 0 Å². The van der Waals surface area contributed by atoms with Crippen LogP contribution in [0.5, 0.6) is 11.5 Å². The van der Waals surface area contributed by atoms with Crippen LogP contribution in [0, 0.1) is 5.82 Å². The molecule has 0 radical (unpaired) electrons. The Morgan fingerprint density at radius 1 is 1.18 bits per heavy atom. The van der Waals surface area contributed by atoms with Crippen LogP contribution >= 0.6 is 0 Å².